The number of aliphatic hydroxyl groups is 8. The molecule has 15 atom stereocenters. The van der Waals surface area contributed by atoms with Crippen molar-refractivity contribution in [3.05, 3.63) is 0 Å². The number of hydrogen-bond donors (Lipinski definition) is 11. The second-order valence-corrected chi connectivity index (χ2v) is 8.45. The number of aliphatic hydroxyl groups excluding tert-OH is 8. The highest BCUT2D eigenvalue weighted by molar-refractivity contribution is 5.74. The highest BCUT2D eigenvalue weighted by atomic mass is 16.8. The number of carbonyl (C=O) groups is 3. The van der Waals surface area contributed by atoms with Crippen LogP contribution in [0, 0.1) is 0 Å². The molecule has 0 aromatic rings. The quantitative estimate of drug-likeness (QED) is 0.141. The first-order valence-corrected chi connectivity index (χ1v) is 10.6. The van der Waals surface area contributed by atoms with Crippen molar-refractivity contribution in [1.29, 1.82) is 0 Å². The van der Waals surface area contributed by atoms with E-state index in [4.69, 9.17) is 24.1 Å². The minimum atomic E-state index is -2.29. The molecule has 0 aromatic carbocycles. The average molecular weight is 546 g/mol. The molecule has 37 heavy (non-hydrogen) atoms. The molecule has 3 saturated heterocycles. The summed E-state index contributed by atoms with van der Waals surface area (Å²) < 4.78 is 24.8. The van der Waals surface area contributed by atoms with E-state index in [1.807, 2.05) is 0 Å². The minimum absolute atomic E-state index is 1.79. The summed E-state index contributed by atoms with van der Waals surface area (Å²) in [6, 6.07) is 0. The summed E-state index contributed by atoms with van der Waals surface area (Å²) in [6.07, 6.45) is -32.5. The zero-order chi connectivity index (χ0) is 27.9. The van der Waals surface area contributed by atoms with Crippen molar-refractivity contribution < 1.29 is 94.2 Å². The van der Waals surface area contributed by atoms with Crippen molar-refractivity contribution in [3.8, 4) is 0 Å². The van der Waals surface area contributed by atoms with Crippen LogP contribution in [-0.4, -0.2) is 166 Å². The summed E-state index contributed by atoms with van der Waals surface area (Å²) in [5, 5.41) is 108. The fourth-order valence-electron chi connectivity index (χ4n) is 3.98. The lowest BCUT2D eigenvalue weighted by Gasteiger charge is -2.46. The normalized spacial score (nSPS) is 48.8. The molecule has 0 saturated carbocycles. The van der Waals surface area contributed by atoms with Gasteiger partial charge in [-0.1, -0.05) is 0 Å². The topological polar surface area (TPSA) is 320 Å². The number of rotatable bonds is 7. The molecular formula is C18H26O19. The zero-order valence-electron chi connectivity index (χ0n) is 18.3. The van der Waals surface area contributed by atoms with Crippen LogP contribution in [0.15, 0.2) is 0 Å². The van der Waals surface area contributed by atoms with E-state index < -0.39 is 110 Å². The molecule has 11 N–H and O–H groups in total. The molecule has 0 radical (unpaired) electrons. The molecule has 0 aromatic heterocycles. The van der Waals surface area contributed by atoms with Gasteiger partial charge < -0.3 is 79.9 Å². The van der Waals surface area contributed by atoms with E-state index in [1.165, 1.54) is 0 Å². The summed E-state index contributed by atoms with van der Waals surface area (Å²) in [7, 11) is 0. The van der Waals surface area contributed by atoms with Gasteiger partial charge in [0.25, 0.3) is 0 Å². The van der Waals surface area contributed by atoms with Gasteiger partial charge in [0.15, 0.2) is 37.2 Å². The lowest BCUT2D eigenvalue weighted by molar-refractivity contribution is -0.368. The Kier molecular flexibility index (Phi) is 9.01. The molecule has 3 rings (SSSR count). The van der Waals surface area contributed by atoms with Crippen molar-refractivity contribution in [2.75, 3.05) is 0 Å². The first kappa shape index (κ1) is 29.4. The maximum Gasteiger partial charge on any atom is 0.335 e. The van der Waals surface area contributed by atoms with E-state index in [1.54, 1.807) is 0 Å². The molecular weight excluding hydrogens is 520 g/mol. The van der Waals surface area contributed by atoms with Crippen molar-refractivity contribution >= 4 is 17.9 Å². The van der Waals surface area contributed by atoms with Crippen molar-refractivity contribution in [3.63, 3.8) is 0 Å². The molecule has 3 heterocycles. The number of hydrogen-bond acceptors (Lipinski definition) is 16. The Morgan fingerprint density at radius 1 is 0.459 bits per heavy atom. The molecule has 0 aliphatic carbocycles. The Labute approximate surface area is 205 Å². The van der Waals surface area contributed by atoms with E-state index in [0.29, 0.717) is 0 Å². The Hall–Kier alpha value is -2.11. The number of aliphatic carboxylic acids is 3. The van der Waals surface area contributed by atoms with Gasteiger partial charge in [0.1, 0.15) is 54.9 Å². The Balaban J connectivity index is 1.81. The van der Waals surface area contributed by atoms with Crippen LogP contribution in [-0.2, 0) is 38.1 Å². The highest BCUT2D eigenvalue weighted by Crippen LogP contribution is 2.32. The van der Waals surface area contributed by atoms with Gasteiger partial charge in [-0.3, -0.25) is 0 Å². The van der Waals surface area contributed by atoms with Crippen LogP contribution in [0.2, 0.25) is 0 Å². The van der Waals surface area contributed by atoms with Crippen LogP contribution in [0.1, 0.15) is 0 Å². The molecule has 0 spiro atoms. The summed E-state index contributed by atoms with van der Waals surface area (Å²) in [4.78, 5) is 34.5. The monoisotopic (exact) mass is 546 g/mol. The molecule has 19 heteroatoms. The molecule has 0 amide bonds. The van der Waals surface area contributed by atoms with Gasteiger partial charge in [-0.05, 0) is 0 Å². The smallest absolute Gasteiger partial charge is 0.335 e. The first-order valence-electron chi connectivity index (χ1n) is 10.6. The Morgan fingerprint density at radius 3 is 1.30 bits per heavy atom. The second-order valence-electron chi connectivity index (χ2n) is 8.45. The van der Waals surface area contributed by atoms with E-state index in [0.717, 1.165) is 0 Å². The first-order chi connectivity index (χ1) is 17.2. The molecule has 0 bridgehead atoms. The fraction of sp³-hybridized carbons (Fsp3) is 0.833. The van der Waals surface area contributed by atoms with E-state index in [9.17, 15) is 65.4 Å². The van der Waals surface area contributed by atoms with Crippen molar-refractivity contribution in [2.24, 2.45) is 0 Å². The van der Waals surface area contributed by atoms with Gasteiger partial charge in [-0.15, -0.1) is 0 Å². The van der Waals surface area contributed by atoms with Gasteiger partial charge in [-0.2, -0.15) is 0 Å². The Morgan fingerprint density at radius 2 is 0.838 bits per heavy atom. The molecule has 19 nitrogen and oxygen atoms in total. The van der Waals surface area contributed by atoms with Crippen LogP contribution in [0.3, 0.4) is 0 Å². The van der Waals surface area contributed by atoms with Crippen LogP contribution in [0.25, 0.3) is 0 Å². The van der Waals surface area contributed by atoms with Crippen LogP contribution < -0.4 is 0 Å². The van der Waals surface area contributed by atoms with Gasteiger partial charge in [0.2, 0.25) is 0 Å². The third-order valence-electron chi connectivity index (χ3n) is 5.99. The summed E-state index contributed by atoms with van der Waals surface area (Å²) >= 11 is 0. The number of carboxylic acids is 3. The molecule has 3 aliphatic heterocycles. The summed E-state index contributed by atoms with van der Waals surface area (Å²) in [5.74, 6) is -5.46. The van der Waals surface area contributed by atoms with Crippen molar-refractivity contribution in [2.45, 2.75) is 92.1 Å². The van der Waals surface area contributed by atoms with E-state index in [2.05, 4.69) is 4.74 Å². The predicted molar refractivity (Wildman–Crippen MR) is 103 cm³/mol. The lowest BCUT2D eigenvalue weighted by atomic mass is 9.95. The minimum Gasteiger partial charge on any atom is -0.479 e. The predicted octanol–water partition coefficient (Wildman–Crippen LogP) is -7.30. The summed E-state index contributed by atoms with van der Waals surface area (Å²) in [6.45, 7) is 0. The van der Waals surface area contributed by atoms with Gasteiger partial charge in [0, 0.05) is 0 Å². The second kappa shape index (κ2) is 11.3. The molecule has 3 aliphatic rings. The zero-order valence-corrected chi connectivity index (χ0v) is 18.3. The number of carboxylic acid groups (broad SMARTS) is 3. The van der Waals surface area contributed by atoms with Gasteiger partial charge in [-0.25, -0.2) is 14.4 Å². The van der Waals surface area contributed by atoms with Crippen LogP contribution in [0.5, 0.6) is 0 Å². The van der Waals surface area contributed by atoms with Crippen LogP contribution >= 0.6 is 0 Å². The maximum absolute atomic E-state index is 11.8. The fourth-order valence-corrected chi connectivity index (χ4v) is 3.98. The van der Waals surface area contributed by atoms with Gasteiger partial charge in [0.05, 0.1) is 0 Å². The third-order valence-corrected chi connectivity index (χ3v) is 5.99. The largest absolute Gasteiger partial charge is 0.479 e. The highest BCUT2D eigenvalue weighted by Gasteiger charge is 2.56. The van der Waals surface area contributed by atoms with E-state index >= 15 is 0 Å². The van der Waals surface area contributed by atoms with Crippen LogP contribution in [0.4, 0.5) is 0 Å². The molecule has 3 fully saturated rings. The van der Waals surface area contributed by atoms with E-state index in [-0.39, 0.29) is 0 Å². The average Bonchev–Trinajstić information content (AvgIpc) is 2.82. The Bertz CT molecular complexity index is 853. The van der Waals surface area contributed by atoms with Gasteiger partial charge >= 0.3 is 17.9 Å². The molecule has 212 valence electrons. The SMILES string of the molecule is O=C(O)[C@H]1O[C@@H](O[C@H]2[C@H](O)[C@H](O)[C@H](O[C@H]3[C@H](O)[C@H](O)C(O)O[C@@H]3C(=O)O)O[C@H]2C(=O)O)[C@@H](O)[C@@H](O)[C@@H]1O. The number of ether oxygens (including phenoxy) is 5. The maximum atomic E-state index is 11.8. The third kappa shape index (κ3) is 5.68. The standard InChI is InChI=1S/C18H26O19/c19-1-2(20)10(13(26)27)36-17(6(1)24)35-9-4(22)7(25)18(37-12(9)15(30)31)34-8-3(21)5(23)16(32)33-11(8)14(28)29/h1-12,16-25,32H,(H,26,27)(H,28,29)(H,30,31)/t1-,2-,3+,4+,5-,6-,7-,8-,9-,10-,11-,12+,16?,17+,18+/m0/s1. The van der Waals surface area contributed by atoms with Crippen molar-refractivity contribution in [1.82, 2.24) is 0 Å². The lowest BCUT2D eigenvalue weighted by Crippen LogP contribution is -2.67. The summed E-state index contributed by atoms with van der Waals surface area (Å²) in [5.41, 5.74) is 0. The molecule has 1 unspecified atom stereocenters.